The van der Waals surface area contributed by atoms with Gasteiger partial charge in [0.2, 0.25) is 11.7 Å². The van der Waals surface area contributed by atoms with Gasteiger partial charge >= 0.3 is 0 Å². The van der Waals surface area contributed by atoms with Crippen molar-refractivity contribution in [2.24, 2.45) is 5.92 Å². The maximum absolute atomic E-state index is 14.2. The van der Waals surface area contributed by atoms with Gasteiger partial charge in [-0.2, -0.15) is 4.37 Å². The van der Waals surface area contributed by atoms with Gasteiger partial charge in [-0.05, 0) is 53.8 Å². The Labute approximate surface area is 236 Å². The van der Waals surface area contributed by atoms with Gasteiger partial charge < -0.3 is 20.5 Å². The molecule has 1 unspecified atom stereocenters. The van der Waals surface area contributed by atoms with Crippen molar-refractivity contribution in [3.63, 3.8) is 0 Å². The van der Waals surface area contributed by atoms with E-state index in [0.29, 0.717) is 21.6 Å². The number of carbonyl (C=O) groups excluding carboxylic acids is 3. The smallest absolute Gasteiger partial charge is 0.287 e. The Balaban J connectivity index is 1.41. The fourth-order valence-corrected chi connectivity index (χ4v) is 6.89. The first kappa shape index (κ1) is 26.5. The largest absolute Gasteiger partial charge is 0.349 e. The van der Waals surface area contributed by atoms with Crippen LogP contribution in [-0.4, -0.2) is 53.9 Å². The van der Waals surface area contributed by atoms with Crippen LogP contribution in [0.1, 0.15) is 38.4 Å². The molecule has 10 nitrogen and oxygen atoms in total. The molecule has 4 aromatic rings. The van der Waals surface area contributed by atoms with Gasteiger partial charge in [-0.15, -0.1) is 0 Å². The van der Waals surface area contributed by atoms with Gasteiger partial charge in [0.15, 0.2) is 5.82 Å². The van der Waals surface area contributed by atoms with E-state index in [2.05, 4.69) is 25.3 Å². The molecular weight excluding hydrogens is 586 g/mol. The van der Waals surface area contributed by atoms with Crippen molar-refractivity contribution in [1.29, 1.82) is 0 Å². The van der Waals surface area contributed by atoms with Gasteiger partial charge in [0.1, 0.15) is 23.9 Å². The average Bonchev–Trinajstić information content (AvgIpc) is 3.48. The van der Waals surface area contributed by atoms with Crippen LogP contribution in [0.4, 0.5) is 14.6 Å². The molecule has 1 atom stereocenters. The number of imidazole rings is 1. The second-order valence-electron chi connectivity index (χ2n) is 9.40. The summed E-state index contributed by atoms with van der Waals surface area (Å²) in [5, 5.41) is 8.57. The lowest BCUT2D eigenvalue weighted by atomic mass is 10.0. The van der Waals surface area contributed by atoms with Gasteiger partial charge in [0.25, 0.3) is 11.8 Å². The van der Waals surface area contributed by atoms with Crippen LogP contribution in [-0.2, 0) is 22.1 Å². The third-order valence-electron chi connectivity index (χ3n) is 6.63. The van der Waals surface area contributed by atoms with Crippen LogP contribution in [0.2, 0.25) is 5.02 Å². The van der Waals surface area contributed by atoms with Gasteiger partial charge in [-0.1, -0.05) is 11.6 Å². The van der Waals surface area contributed by atoms with Crippen molar-refractivity contribution in [1.82, 2.24) is 24.6 Å². The molecule has 0 aliphatic carbocycles. The first-order chi connectivity index (χ1) is 19.2. The van der Waals surface area contributed by atoms with Crippen LogP contribution < -0.4 is 16.0 Å². The number of hydrogen-bond acceptors (Lipinski definition) is 7. The zero-order valence-corrected chi connectivity index (χ0v) is 22.8. The number of nitrogens with one attached hydrogen (secondary N) is 3. The Morgan fingerprint density at radius 2 is 1.90 bits per heavy atom. The molecule has 0 radical (unpaired) electrons. The summed E-state index contributed by atoms with van der Waals surface area (Å²) < 4.78 is 45.7. The zero-order chi connectivity index (χ0) is 28.1. The molecule has 0 spiro atoms. The molecule has 1 saturated heterocycles. The molecule has 6 rings (SSSR count). The molecule has 2 aliphatic heterocycles. The number of carbonyl (C=O) groups is 3. The third kappa shape index (κ3) is 4.86. The van der Waals surface area contributed by atoms with Crippen molar-refractivity contribution in [2.75, 3.05) is 23.4 Å². The second-order valence-corrected chi connectivity index (χ2v) is 12.2. The number of amides is 3. The Morgan fingerprint density at radius 3 is 2.67 bits per heavy atom. The number of rotatable bonds is 6. The monoisotopic (exact) mass is 604 g/mol. The molecule has 2 aliphatic rings. The number of aromatic nitrogens is 3. The quantitative estimate of drug-likeness (QED) is 0.310. The fraction of sp³-hybridized carbons (Fsp3) is 0.240. The Bertz CT molecular complexity index is 1730. The van der Waals surface area contributed by atoms with Crippen molar-refractivity contribution >= 4 is 67.6 Å². The van der Waals surface area contributed by atoms with Crippen LogP contribution in [0.25, 0.3) is 10.1 Å². The molecule has 1 fully saturated rings. The molecule has 4 heterocycles. The first-order valence-electron chi connectivity index (χ1n) is 12.0. The summed E-state index contributed by atoms with van der Waals surface area (Å²) in [6, 6.07) is 6.54. The lowest BCUT2D eigenvalue weighted by Crippen LogP contribution is -2.43. The first-order valence-corrected chi connectivity index (χ1v) is 14.7. The van der Waals surface area contributed by atoms with E-state index in [4.69, 9.17) is 11.6 Å². The fourth-order valence-electron chi connectivity index (χ4n) is 4.72. The topological polar surface area (TPSA) is 135 Å². The van der Waals surface area contributed by atoms with Crippen molar-refractivity contribution in [2.45, 2.75) is 12.6 Å². The van der Waals surface area contributed by atoms with E-state index in [9.17, 15) is 27.4 Å². The van der Waals surface area contributed by atoms with E-state index in [-0.39, 0.29) is 52.6 Å². The highest BCUT2D eigenvalue weighted by Crippen LogP contribution is 2.36. The number of fused-ring (bicyclic) bond motifs is 2. The number of hydrogen-bond donors (Lipinski definition) is 3. The SMILES string of the molecule is O=C1Cn2c(C(=O)NCC3CS(=O)C3)nc(NC(=O)c3nsc4ccc(F)cc34)c2C(c2cc(F)ccc2Cl)N1. The molecule has 15 heteroatoms. The van der Waals surface area contributed by atoms with Crippen molar-refractivity contribution < 1.29 is 27.4 Å². The van der Waals surface area contributed by atoms with Crippen LogP contribution in [0.3, 0.4) is 0 Å². The standard InChI is InChI=1S/C25H19ClF2N6O4S2/c26-16-3-1-12(27)5-14(16)19-21-22(32-24(36)20-15-6-13(28)2-4-17(15)39-33-20)31-23(34(21)8-18(35)30-19)25(37)29-7-11-9-40(38)10-11/h1-6,11,19H,7-10H2,(H,29,37)(H,30,35)(H,32,36). The number of halogens is 3. The molecule has 40 heavy (non-hydrogen) atoms. The highest BCUT2D eigenvalue weighted by atomic mass is 35.5. The maximum Gasteiger partial charge on any atom is 0.287 e. The Morgan fingerprint density at radius 1 is 1.15 bits per heavy atom. The summed E-state index contributed by atoms with van der Waals surface area (Å²) in [5.41, 5.74) is 0.336. The third-order valence-corrected chi connectivity index (χ3v) is 9.49. The lowest BCUT2D eigenvalue weighted by Gasteiger charge is -2.28. The van der Waals surface area contributed by atoms with E-state index in [1.807, 2.05) is 0 Å². The molecule has 3 N–H and O–H groups in total. The lowest BCUT2D eigenvalue weighted by molar-refractivity contribution is -0.123. The van der Waals surface area contributed by atoms with E-state index in [1.54, 1.807) is 0 Å². The number of benzene rings is 2. The van der Waals surface area contributed by atoms with Crippen LogP contribution in [0.5, 0.6) is 0 Å². The maximum atomic E-state index is 14.2. The van der Waals surface area contributed by atoms with Gasteiger partial charge in [0, 0.05) is 44.8 Å². The number of anilines is 1. The number of nitrogens with zero attached hydrogens (tertiary/aromatic N) is 3. The minimum Gasteiger partial charge on any atom is -0.349 e. The van der Waals surface area contributed by atoms with Gasteiger partial charge in [-0.25, -0.2) is 13.8 Å². The predicted molar refractivity (Wildman–Crippen MR) is 145 cm³/mol. The molecule has 2 aromatic carbocycles. The molecule has 3 amide bonds. The Kier molecular flexibility index (Phi) is 6.84. The molecule has 2 aromatic heterocycles. The predicted octanol–water partition coefficient (Wildman–Crippen LogP) is 3.00. The summed E-state index contributed by atoms with van der Waals surface area (Å²) in [4.78, 5) is 43.7. The van der Waals surface area contributed by atoms with Gasteiger partial charge in [0.05, 0.1) is 16.4 Å². The van der Waals surface area contributed by atoms with Crippen LogP contribution in [0, 0.1) is 17.6 Å². The molecule has 206 valence electrons. The molecular formula is C25H19ClF2N6O4S2. The second kappa shape index (κ2) is 10.3. The van der Waals surface area contributed by atoms with Gasteiger partial charge in [-0.3, -0.25) is 18.6 Å². The van der Waals surface area contributed by atoms with Crippen molar-refractivity contribution in [3.8, 4) is 0 Å². The van der Waals surface area contributed by atoms with Crippen molar-refractivity contribution in [3.05, 3.63) is 75.8 Å². The molecule has 0 bridgehead atoms. The van der Waals surface area contributed by atoms with E-state index >= 15 is 0 Å². The van der Waals surface area contributed by atoms with Crippen LogP contribution >= 0.6 is 23.1 Å². The highest BCUT2D eigenvalue weighted by Gasteiger charge is 2.36. The minimum absolute atomic E-state index is 0.0505. The van der Waals surface area contributed by atoms with Crippen LogP contribution in [0.15, 0.2) is 36.4 Å². The minimum atomic E-state index is -1.06. The normalized spacial score (nSPS) is 20.0. The summed E-state index contributed by atoms with van der Waals surface area (Å²) in [5.74, 6) is -2.20. The summed E-state index contributed by atoms with van der Waals surface area (Å²) in [6.07, 6.45) is 0. The summed E-state index contributed by atoms with van der Waals surface area (Å²) in [6.45, 7) is -0.0428. The average molecular weight is 605 g/mol. The van der Waals surface area contributed by atoms with E-state index < -0.39 is 46.2 Å². The highest BCUT2D eigenvalue weighted by molar-refractivity contribution is 7.86. The molecule has 0 saturated carbocycles. The zero-order valence-electron chi connectivity index (χ0n) is 20.4. The van der Waals surface area contributed by atoms with E-state index in [0.717, 1.165) is 23.7 Å². The summed E-state index contributed by atoms with van der Waals surface area (Å²) in [7, 11) is -0.892. The Hall–Kier alpha value is -3.75. The van der Waals surface area contributed by atoms with E-state index in [1.165, 1.54) is 28.8 Å². The summed E-state index contributed by atoms with van der Waals surface area (Å²) >= 11 is 7.38.